The van der Waals surface area contributed by atoms with Crippen molar-refractivity contribution in [1.29, 1.82) is 0 Å². The Labute approximate surface area is 143 Å². The molecule has 0 aromatic heterocycles. The first-order valence-corrected chi connectivity index (χ1v) is 7.96. The molecule has 1 N–H and O–H groups in total. The van der Waals surface area contributed by atoms with Gasteiger partial charge in [0.1, 0.15) is 0 Å². The van der Waals surface area contributed by atoms with E-state index in [1.807, 2.05) is 47.6 Å². The lowest BCUT2D eigenvalue weighted by atomic mass is 10.0. The summed E-state index contributed by atoms with van der Waals surface area (Å²) in [6.07, 6.45) is 3.80. The minimum atomic E-state index is -0.0717. The number of nitrogens with one attached hydrogen (secondary N) is 1. The number of anilines is 2. The standard InChI is InChI=1S/C20H21N3O/c1-15-11-16(2)20(17(3)12-15)23-10-9-22(14-23)13-19(24)21-18-7-5-4-6-8-18/h4-12H,13H2,1-3H3,(H,21,24). The predicted octanol–water partition coefficient (Wildman–Crippen LogP) is 3.84. The molecular formula is C20H21N3O. The van der Waals surface area contributed by atoms with E-state index in [1.54, 1.807) is 4.90 Å². The van der Waals surface area contributed by atoms with Gasteiger partial charge in [0.05, 0.1) is 6.54 Å². The highest BCUT2D eigenvalue weighted by Gasteiger charge is 2.21. The van der Waals surface area contributed by atoms with Gasteiger partial charge in [0.2, 0.25) is 12.6 Å². The molecule has 3 rings (SSSR count). The molecule has 0 saturated carbocycles. The SMILES string of the molecule is Cc1cc(C)c(N2[C]N(CC(=O)Nc3ccccc3)C=C2)c(C)c1. The Bertz CT molecular complexity index is 745. The molecule has 4 heteroatoms. The summed E-state index contributed by atoms with van der Waals surface area (Å²) in [5.74, 6) is -0.0717. The number of carbonyl (C=O) groups excluding carboxylic acids is 1. The lowest BCUT2D eigenvalue weighted by Crippen LogP contribution is -2.29. The third kappa shape index (κ3) is 3.59. The molecule has 1 aliphatic rings. The summed E-state index contributed by atoms with van der Waals surface area (Å²) in [6, 6.07) is 13.8. The van der Waals surface area contributed by atoms with Gasteiger partial charge in [-0.05, 0) is 44.0 Å². The third-order valence-electron chi connectivity index (χ3n) is 3.88. The number of rotatable bonds is 4. The molecule has 2 aromatic carbocycles. The highest BCUT2D eigenvalue weighted by molar-refractivity contribution is 5.92. The van der Waals surface area contributed by atoms with E-state index in [1.165, 1.54) is 16.7 Å². The van der Waals surface area contributed by atoms with Crippen LogP contribution >= 0.6 is 0 Å². The molecule has 0 spiro atoms. The van der Waals surface area contributed by atoms with Crippen molar-refractivity contribution < 1.29 is 4.79 Å². The Balaban J connectivity index is 1.62. The summed E-state index contributed by atoms with van der Waals surface area (Å²) in [6.45, 7) is 9.73. The van der Waals surface area contributed by atoms with E-state index < -0.39 is 0 Å². The van der Waals surface area contributed by atoms with Gasteiger partial charge in [-0.2, -0.15) is 0 Å². The number of amides is 1. The first-order chi connectivity index (χ1) is 11.5. The number of aryl methyl sites for hydroxylation is 3. The molecule has 0 aliphatic carbocycles. The summed E-state index contributed by atoms with van der Waals surface area (Å²) in [7, 11) is 0. The smallest absolute Gasteiger partial charge is 0.243 e. The number of para-hydroxylation sites is 1. The number of benzene rings is 2. The van der Waals surface area contributed by atoms with Gasteiger partial charge in [0, 0.05) is 23.8 Å². The molecule has 24 heavy (non-hydrogen) atoms. The average molecular weight is 319 g/mol. The number of hydrogen-bond donors (Lipinski definition) is 1. The zero-order valence-electron chi connectivity index (χ0n) is 14.2. The first kappa shape index (κ1) is 16.1. The minimum Gasteiger partial charge on any atom is -0.337 e. The van der Waals surface area contributed by atoms with Gasteiger partial charge < -0.3 is 15.1 Å². The highest BCUT2D eigenvalue weighted by atomic mass is 16.2. The Morgan fingerprint density at radius 1 is 1.04 bits per heavy atom. The van der Waals surface area contributed by atoms with Crippen LogP contribution in [-0.2, 0) is 4.79 Å². The van der Waals surface area contributed by atoms with E-state index >= 15 is 0 Å². The number of hydrogen-bond acceptors (Lipinski definition) is 3. The van der Waals surface area contributed by atoms with Gasteiger partial charge in [-0.15, -0.1) is 0 Å². The molecule has 0 bridgehead atoms. The second-order valence-corrected chi connectivity index (χ2v) is 6.06. The van der Waals surface area contributed by atoms with Crippen molar-refractivity contribution in [2.45, 2.75) is 20.8 Å². The van der Waals surface area contributed by atoms with Crippen molar-refractivity contribution in [3.8, 4) is 0 Å². The maximum Gasteiger partial charge on any atom is 0.243 e. The van der Waals surface area contributed by atoms with E-state index in [4.69, 9.17) is 0 Å². The lowest BCUT2D eigenvalue weighted by Gasteiger charge is -2.22. The van der Waals surface area contributed by atoms with Gasteiger partial charge in [-0.1, -0.05) is 35.9 Å². The van der Waals surface area contributed by atoms with E-state index in [9.17, 15) is 4.79 Å². The van der Waals surface area contributed by atoms with Crippen LogP contribution < -0.4 is 10.2 Å². The third-order valence-corrected chi connectivity index (χ3v) is 3.88. The Morgan fingerprint density at radius 2 is 1.71 bits per heavy atom. The summed E-state index contributed by atoms with van der Waals surface area (Å²) in [5, 5.41) is 2.88. The zero-order chi connectivity index (χ0) is 17.1. The minimum absolute atomic E-state index is 0.0717. The second-order valence-electron chi connectivity index (χ2n) is 6.06. The quantitative estimate of drug-likeness (QED) is 0.930. The molecule has 0 saturated heterocycles. The zero-order valence-corrected chi connectivity index (χ0v) is 14.2. The van der Waals surface area contributed by atoms with E-state index in [-0.39, 0.29) is 12.5 Å². The largest absolute Gasteiger partial charge is 0.337 e. The van der Waals surface area contributed by atoms with Gasteiger partial charge >= 0.3 is 0 Å². The fourth-order valence-electron chi connectivity index (χ4n) is 2.99. The second kappa shape index (κ2) is 6.79. The predicted molar refractivity (Wildman–Crippen MR) is 97.3 cm³/mol. The molecule has 2 aromatic rings. The monoisotopic (exact) mass is 319 g/mol. The Hall–Kier alpha value is -2.75. The summed E-state index contributed by atoms with van der Waals surface area (Å²) in [4.78, 5) is 15.9. The van der Waals surface area contributed by atoms with Crippen LogP contribution in [0.1, 0.15) is 16.7 Å². The Morgan fingerprint density at radius 3 is 2.38 bits per heavy atom. The highest BCUT2D eigenvalue weighted by Crippen LogP contribution is 2.30. The normalized spacial score (nSPS) is 13.5. The molecule has 1 heterocycles. The van der Waals surface area contributed by atoms with Crippen molar-refractivity contribution in [2.75, 3.05) is 16.8 Å². The van der Waals surface area contributed by atoms with Crippen molar-refractivity contribution in [3.63, 3.8) is 0 Å². The average Bonchev–Trinajstić information content (AvgIpc) is 2.95. The van der Waals surface area contributed by atoms with Gasteiger partial charge in [0.15, 0.2) is 0 Å². The van der Waals surface area contributed by atoms with Crippen LogP contribution in [-0.4, -0.2) is 17.4 Å². The van der Waals surface area contributed by atoms with Crippen LogP contribution in [0.15, 0.2) is 54.9 Å². The summed E-state index contributed by atoms with van der Waals surface area (Å²) < 4.78 is 0. The molecule has 122 valence electrons. The maximum atomic E-state index is 12.1. The van der Waals surface area contributed by atoms with Crippen LogP contribution in [0.4, 0.5) is 11.4 Å². The number of carbonyl (C=O) groups is 1. The molecule has 0 atom stereocenters. The van der Waals surface area contributed by atoms with Crippen LogP contribution in [0.5, 0.6) is 0 Å². The number of nitrogens with zero attached hydrogens (tertiary/aromatic N) is 2. The molecule has 4 nitrogen and oxygen atoms in total. The van der Waals surface area contributed by atoms with Gasteiger partial charge in [-0.25, -0.2) is 0 Å². The van der Waals surface area contributed by atoms with Crippen LogP contribution in [0.25, 0.3) is 0 Å². The van der Waals surface area contributed by atoms with Gasteiger partial charge in [-0.3, -0.25) is 4.79 Å². The van der Waals surface area contributed by atoms with E-state index in [2.05, 4.69) is 44.9 Å². The molecule has 1 amide bonds. The molecule has 0 unspecified atom stereocenters. The fraction of sp³-hybridized carbons (Fsp3) is 0.200. The van der Waals surface area contributed by atoms with E-state index in [0.29, 0.717) is 0 Å². The lowest BCUT2D eigenvalue weighted by molar-refractivity contribution is -0.116. The Kier molecular flexibility index (Phi) is 4.56. The summed E-state index contributed by atoms with van der Waals surface area (Å²) in [5.41, 5.74) is 5.55. The van der Waals surface area contributed by atoms with Crippen molar-refractivity contribution in [1.82, 2.24) is 4.90 Å². The van der Waals surface area contributed by atoms with Crippen LogP contribution in [0, 0.1) is 27.4 Å². The topological polar surface area (TPSA) is 35.6 Å². The van der Waals surface area contributed by atoms with E-state index in [0.717, 1.165) is 11.4 Å². The summed E-state index contributed by atoms with van der Waals surface area (Å²) >= 11 is 0. The maximum absolute atomic E-state index is 12.1. The van der Waals surface area contributed by atoms with Crippen molar-refractivity contribution in [2.24, 2.45) is 0 Å². The molecular weight excluding hydrogens is 298 g/mol. The fourth-order valence-corrected chi connectivity index (χ4v) is 2.99. The first-order valence-electron chi connectivity index (χ1n) is 7.96. The molecule has 2 radical (unpaired) electrons. The van der Waals surface area contributed by atoms with Crippen LogP contribution in [0.3, 0.4) is 0 Å². The van der Waals surface area contributed by atoms with Crippen molar-refractivity contribution >= 4 is 17.3 Å². The van der Waals surface area contributed by atoms with Crippen LogP contribution in [0.2, 0.25) is 0 Å². The molecule has 1 aliphatic heterocycles. The van der Waals surface area contributed by atoms with Gasteiger partial charge in [0.25, 0.3) is 0 Å². The molecule has 0 fully saturated rings. The van der Waals surface area contributed by atoms with Crippen molar-refractivity contribution in [3.05, 3.63) is 78.2 Å².